The molecule has 0 radical (unpaired) electrons. The monoisotopic (exact) mass is 627 g/mol. The van der Waals surface area contributed by atoms with Gasteiger partial charge in [0.1, 0.15) is 73.1 Å². The van der Waals surface area contributed by atoms with Crippen LogP contribution in [0.4, 0.5) is 0 Å². The SMILES string of the molecule is CC(=O)N[C@@H]1[C@@H](O[C@@H]2O[C@H](CO)[C@@H](O)[C@H](O[C@@H]3O[C@H](CO)[C@@H](O)[C@H](O)[C@H]3NC(C)=O)[C@H]2NC(C)=O)[C@H](O)[C@@H](CO)O[C@H]1O. The average Bonchev–Trinajstić information content (AvgIpc) is 2.94. The van der Waals surface area contributed by atoms with Crippen LogP contribution in [0.2, 0.25) is 0 Å². The van der Waals surface area contributed by atoms with E-state index < -0.39 is 129 Å². The van der Waals surface area contributed by atoms with Crippen LogP contribution >= 0.6 is 0 Å². The third-order valence-corrected chi connectivity index (χ3v) is 7.30. The predicted octanol–water partition coefficient (Wildman–Crippen LogP) is -7.14. The minimum atomic E-state index is -1.78. The van der Waals surface area contributed by atoms with Crippen LogP contribution in [-0.2, 0) is 38.1 Å². The van der Waals surface area contributed by atoms with Crippen molar-refractivity contribution in [2.75, 3.05) is 19.8 Å². The lowest BCUT2D eigenvalue weighted by molar-refractivity contribution is -0.347. The maximum Gasteiger partial charge on any atom is 0.217 e. The van der Waals surface area contributed by atoms with Gasteiger partial charge in [0, 0.05) is 20.8 Å². The summed E-state index contributed by atoms with van der Waals surface area (Å²) in [7, 11) is 0. The molecule has 0 aliphatic carbocycles. The van der Waals surface area contributed by atoms with Crippen molar-refractivity contribution in [3.05, 3.63) is 0 Å². The van der Waals surface area contributed by atoms with Gasteiger partial charge in [-0.15, -0.1) is 0 Å². The van der Waals surface area contributed by atoms with Gasteiger partial charge >= 0.3 is 0 Å². The molecule has 15 atom stereocenters. The van der Waals surface area contributed by atoms with E-state index in [1.54, 1.807) is 0 Å². The highest BCUT2D eigenvalue weighted by molar-refractivity contribution is 5.74. The molecular weight excluding hydrogens is 586 g/mol. The van der Waals surface area contributed by atoms with Crippen LogP contribution in [0.1, 0.15) is 20.8 Å². The van der Waals surface area contributed by atoms with Crippen LogP contribution in [0.15, 0.2) is 0 Å². The summed E-state index contributed by atoms with van der Waals surface area (Å²) in [6, 6.07) is -4.37. The number of amides is 3. The highest BCUT2D eigenvalue weighted by atomic mass is 16.7. The summed E-state index contributed by atoms with van der Waals surface area (Å²) in [5, 5.41) is 89.9. The molecule has 11 N–H and O–H groups in total. The number of hydrogen-bond donors (Lipinski definition) is 11. The van der Waals surface area contributed by atoms with E-state index in [9.17, 15) is 55.2 Å². The molecule has 248 valence electrons. The number of ether oxygens (including phenoxy) is 5. The standard InChI is InChI=1S/C24H41N3O16/c1-7(31)25-13-19(37)16(34)10(4-28)40-23(13)43-21-15(27-9(3)33)24(41-12(6-30)18(21)36)42-20-14(26-8(2)32)22(38)39-11(5-29)17(20)35/h10-24,28-30,34-38H,4-6H2,1-3H3,(H,25,31)(H,26,32)(H,27,33)/t10-,11-,12-,13-,14-,15-,16-,17-,18-,19-,20-,21-,22-,23+,24+/m1/s1. The Bertz CT molecular complexity index is 962. The van der Waals surface area contributed by atoms with E-state index in [0.717, 1.165) is 20.8 Å². The summed E-state index contributed by atoms with van der Waals surface area (Å²) in [6.45, 7) is 0.964. The fourth-order valence-electron chi connectivity index (χ4n) is 5.27. The van der Waals surface area contributed by atoms with Gasteiger partial charge in [0.05, 0.1) is 19.8 Å². The number of carbonyl (C=O) groups excluding carboxylic acids is 3. The first kappa shape index (κ1) is 35.4. The first-order chi connectivity index (χ1) is 20.2. The van der Waals surface area contributed by atoms with Crippen molar-refractivity contribution in [1.82, 2.24) is 16.0 Å². The highest BCUT2D eigenvalue weighted by Gasteiger charge is 2.54. The zero-order chi connectivity index (χ0) is 32.2. The van der Waals surface area contributed by atoms with Gasteiger partial charge in [-0.25, -0.2) is 0 Å². The van der Waals surface area contributed by atoms with E-state index in [0.29, 0.717) is 0 Å². The molecule has 0 aromatic carbocycles. The van der Waals surface area contributed by atoms with Gasteiger partial charge in [0.25, 0.3) is 0 Å². The van der Waals surface area contributed by atoms with Crippen LogP contribution in [0.5, 0.6) is 0 Å². The fraction of sp³-hybridized carbons (Fsp3) is 0.875. The Balaban J connectivity index is 2.00. The molecule has 3 aliphatic heterocycles. The molecule has 3 rings (SSSR count). The molecule has 43 heavy (non-hydrogen) atoms. The zero-order valence-electron chi connectivity index (χ0n) is 23.6. The summed E-state index contributed by atoms with van der Waals surface area (Å²) in [5.74, 6) is -2.01. The molecule has 3 aliphatic rings. The van der Waals surface area contributed by atoms with Crippen molar-refractivity contribution >= 4 is 17.7 Å². The van der Waals surface area contributed by atoms with Gasteiger partial charge in [-0.3, -0.25) is 14.4 Å². The Hall–Kier alpha value is -2.11. The number of aliphatic hydroxyl groups excluding tert-OH is 8. The Morgan fingerprint density at radius 2 is 0.930 bits per heavy atom. The summed E-state index contributed by atoms with van der Waals surface area (Å²) in [6.07, 6.45) is -19.3. The van der Waals surface area contributed by atoms with Crippen molar-refractivity contribution in [2.45, 2.75) is 113 Å². The molecule has 0 aromatic rings. The quantitative estimate of drug-likeness (QED) is 0.107. The van der Waals surface area contributed by atoms with Crippen LogP contribution in [0, 0.1) is 0 Å². The Morgan fingerprint density at radius 3 is 1.40 bits per heavy atom. The maximum absolute atomic E-state index is 12.3. The van der Waals surface area contributed by atoms with Crippen molar-refractivity contribution in [3.8, 4) is 0 Å². The zero-order valence-corrected chi connectivity index (χ0v) is 23.6. The summed E-state index contributed by atoms with van der Waals surface area (Å²) < 4.78 is 28.3. The number of carbonyl (C=O) groups is 3. The number of nitrogens with one attached hydrogen (secondary N) is 3. The summed E-state index contributed by atoms with van der Waals surface area (Å²) in [5.41, 5.74) is 0. The fourth-order valence-corrected chi connectivity index (χ4v) is 5.27. The average molecular weight is 628 g/mol. The summed E-state index contributed by atoms with van der Waals surface area (Å²) in [4.78, 5) is 36.0. The van der Waals surface area contributed by atoms with Crippen molar-refractivity contribution in [1.29, 1.82) is 0 Å². The normalized spacial score (nSPS) is 43.5. The van der Waals surface area contributed by atoms with Gasteiger partial charge in [0.2, 0.25) is 17.7 Å². The number of aliphatic hydroxyl groups is 8. The third kappa shape index (κ3) is 8.14. The smallest absolute Gasteiger partial charge is 0.217 e. The van der Waals surface area contributed by atoms with Crippen molar-refractivity contribution in [3.63, 3.8) is 0 Å². The molecule has 19 nitrogen and oxygen atoms in total. The Morgan fingerprint density at radius 1 is 0.558 bits per heavy atom. The highest BCUT2D eigenvalue weighted by Crippen LogP contribution is 2.32. The van der Waals surface area contributed by atoms with E-state index >= 15 is 0 Å². The van der Waals surface area contributed by atoms with Gasteiger partial charge in [-0.05, 0) is 0 Å². The van der Waals surface area contributed by atoms with E-state index in [-0.39, 0.29) is 0 Å². The lowest BCUT2D eigenvalue weighted by Crippen LogP contribution is -2.71. The number of rotatable bonds is 10. The molecular formula is C24H41N3O16. The minimum absolute atomic E-state index is 0.651. The second-order valence-electron chi connectivity index (χ2n) is 10.5. The molecule has 3 fully saturated rings. The molecule has 0 bridgehead atoms. The lowest BCUT2D eigenvalue weighted by Gasteiger charge is -2.50. The third-order valence-electron chi connectivity index (χ3n) is 7.30. The van der Waals surface area contributed by atoms with Crippen molar-refractivity contribution < 1.29 is 78.9 Å². The summed E-state index contributed by atoms with van der Waals surface area (Å²) >= 11 is 0. The van der Waals surface area contributed by atoms with Gasteiger partial charge < -0.3 is 80.5 Å². The molecule has 3 saturated heterocycles. The number of hydrogen-bond acceptors (Lipinski definition) is 16. The van der Waals surface area contributed by atoms with E-state index in [1.807, 2.05) is 0 Å². The van der Waals surface area contributed by atoms with Crippen molar-refractivity contribution in [2.24, 2.45) is 0 Å². The lowest BCUT2D eigenvalue weighted by atomic mass is 9.93. The Kier molecular flexibility index (Phi) is 12.5. The first-order valence-electron chi connectivity index (χ1n) is 13.5. The Labute approximate surface area is 245 Å². The molecule has 0 unspecified atom stereocenters. The van der Waals surface area contributed by atoms with Gasteiger partial charge in [0.15, 0.2) is 18.9 Å². The topological polar surface area (TPSA) is 295 Å². The molecule has 3 amide bonds. The molecule has 0 aromatic heterocycles. The van der Waals surface area contributed by atoms with E-state index in [4.69, 9.17) is 23.7 Å². The second kappa shape index (κ2) is 15.3. The van der Waals surface area contributed by atoms with Crippen LogP contribution in [0.3, 0.4) is 0 Å². The van der Waals surface area contributed by atoms with Crippen LogP contribution in [-0.4, -0.2) is 170 Å². The van der Waals surface area contributed by atoms with Gasteiger partial charge in [-0.2, -0.15) is 0 Å². The molecule has 0 saturated carbocycles. The van der Waals surface area contributed by atoms with Crippen LogP contribution in [0.25, 0.3) is 0 Å². The predicted molar refractivity (Wildman–Crippen MR) is 136 cm³/mol. The first-order valence-corrected chi connectivity index (χ1v) is 13.5. The van der Waals surface area contributed by atoms with E-state index in [2.05, 4.69) is 16.0 Å². The molecule has 0 spiro atoms. The maximum atomic E-state index is 12.3. The van der Waals surface area contributed by atoms with Gasteiger partial charge in [-0.1, -0.05) is 0 Å². The second-order valence-corrected chi connectivity index (χ2v) is 10.5. The largest absolute Gasteiger partial charge is 0.394 e. The van der Waals surface area contributed by atoms with Crippen LogP contribution < -0.4 is 16.0 Å². The minimum Gasteiger partial charge on any atom is -0.394 e. The molecule has 19 heteroatoms. The van der Waals surface area contributed by atoms with E-state index in [1.165, 1.54) is 0 Å². The molecule has 3 heterocycles.